The molecule has 2 rings (SSSR count). The van der Waals surface area contributed by atoms with Gasteiger partial charge in [0.25, 0.3) is 0 Å². The first-order valence-corrected chi connectivity index (χ1v) is 5.44. The number of aromatic nitrogens is 2. The number of nitrogens with zero attached hydrogens (tertiary/aromatic N) is 2. The molecule has 0 bridgehead atoms. The maximum absolute atomic E-state index is 13.7. The summed E-state index contributed by atoms with van der Waals surface area (Å²) in [6.07, 6.45) is 1.19. The molecule has 0 spiro atoms. The maximum atomic E-state index is 13.7. The van der Waals surface area contributed by atoms with Crippen molar-refractivity contribution in [1.29, 1.82) is 0 Å². The van der Waals surface area contributed by atoms with Gasteiger partial charge in [0.05, 0.1) is 0 Å². The summed E-state index contributed by atoms with van der Waals surface area (Å²) in [5, 5.41) is 2.42. The highest BCUT2D eigenvalue weighted by molar-refractivity contribution is 6.29. The first kappa shape index (κ1) is 13.0. The molecule has 19 heavy (non-hydrogen) atoms. The molecule has 0 unspecified atom stereocenters. The molecule has 8 heteroatoms. The van der Waals surface area contributed by atoms with Crippen molar-refractivity contribution in [2.24, 2.45) is 5.73 Å². The van der Waals surface area contributed by atoms with E-state index >= 15 is 0 Å². The molecule has 0 aliphatic carbocycles. The zero-order valence-corrected chi connectivity index (χ0v) is 10.2. The molecule has 0 atom stereocenters. The maximum Gasteiger partial charge on any atom is 0.316 e. The Morgan fingerprint density at radius 3 is 2.79 bits per heavy atom. The van der Waals surface area contributed by atoms with E-state index in [0.717, 1.165) is 6.07 Å². The number of amides is 2. The molecular weight excluding hydrogens is 275 g/mol. The lowest BCUT2D eigenvalue weighted by atomic mass is 10.3. The number of hydrogen-bond acceptors (Lipinski definition) is 4. The van der Waals surface area contributed by atoms with Gasteiger partial charge in [0, 0.05) is 17.8 Å². The number of ether oxygens (including phenoxy) is 1. The molecule has 98 valence electrons. The highest BCUT2D eigenvalue weighted by atomic mass is 35.5. The van der Waals surface area contributed by atoms with E-state index in [1.54, 1.807) is 0 Å². The van der Waals surface area contributed by atoms with Gasteiger partial charge < -0.3 is 15.8 Å². The molecule has 0 radical (unpaired) electrons. The summed E-state index contributed by atoms with van der Waals surface area (Å²) in [7, 11) is 0. The van der Waals surface area contributed by atoms with E-state index in [1.807, 2.05) is 0 Å². The number of urea groups is 1. The molecule has 1 aromatic heterocycles. The van der Waals surface area contributed by atoms with E-state index in [4.69, 9.17) is 22.1 Å². The third-order valence-electron chi connectivity index (χ3n) is 2.02. The number of halogens is 2. The number of anilines is 1. The lowest BCUT2D eigenvalue weighted by Gasteiger charge is -2.07. The monoisotopic (exact) mass is 282 g/mol. The summed E-state index contributed by atoms with van der Waals surface area (Å²) in [5.41, 5.74) is 5.14. The Labute approximate surface area is 112 Å². The third kappa shape index (κ3) is 3.52. The molecular formula is C11H8ClFN4O2. The number of carbonyl (C=O) groups is 1. The average molecular weight is 283 g/mol. The molecule has 6 nitrogen and oxygen atoms in total. The van der Waals surface area contributed by atoms with Crippen molar-refractivity contribution < 1.29 is 13.9 Å². The van der Waals surface area contributed by atoms with Gasteiger partial charge in [-0.05, 0) is 12.1 Å². The summed E-state index contributed by atoms with van der Waals surface area (Å²) in [6.45, 7) is 0. The van der Waals surface area contributed by atoms with E-state index in [0.29, 0.717) is 0 Å². The highest BCUT2D eigenvalue weighted by Gasteiger charge is 2.08. The van der Waals surface area contributed by atoms with Crippen molar-refractivity contribution in [2.45, 2.75) is 0 Å². The summed E-state index contributed by atoms with van der Waals surface area (Å²) in [6, 6.07) is 4.40. The van der Waals surface area contributed by atoms with Crippen LogP contribution in [0.5, 0.6) is 11.6 Å². The lowest BCUT2D eigenvalue weighted by molar-refractivity contribution is 0.259. The highest BCUT2D eigenvalue weighted by Crippen LogP contribution is 2.26. The quantitative estimate of drug-likeness (QED) is 0.847. The van der Waals surface area contributed by atoms with Gasteiger partial charge in [0.1, 0.15) is 11.5 Å². The standard InChI is InChI=1S/C11H8ClFN4O2/c12-9-4-10(16-5-15-9)19-8-2-1-6(3-7(8)13)17-11(14)18/h1-5H,(H3,14,17,18). The largest absolute Gasteiger partial charge is 0.436 e. The molecule has 0 aliphatic heterocycles. The van der Waals surface area contributed by atoms with Gasteiger partial charge in [0.15, 0.2) is 11.6 Å². The Kier molecular flexibility index (Phi) is 3.76. The van der Waals surface area contributed by atoms with Crippen LogP contribution in [-0.4, -0.2) is 16.0 Å². The molecule has 1 heterocycles. The molecule has 0 aliphatic rings. The molecule has 1 aromatic carbocycles. The van der Waals surface area contributed by atoms with Crippen molar-refractivity contribution >= 4 is 23.3 Å². The van der Waals surface area contributed by atoms with Gasteiger partial charge in [-0.2, -0.15) is 0 Å². The smallest absolute Gasteiger partial charge is 0.316 e. The predicted octanol–water partition coefficient (Wildman–Crippen LogP) is 2.55. The summed E-state index contributed by atoms with van der Waals surface area (Å²) in [4.78, 5) is 18.1. The summed E-state index contributed by atoms with van der Waals surface area (Å²) >= 11 is 5.65. The third-order valence-corrected chi connectivity index (χ3v) is 2.23. The number of hydrogen-bond donors (Lipinski definition) is 2. The van der Waals surface area contributed by atoms with Crippen LogP contribution in [0.15, 0.2) is 30.6 Å². The Bertz CT molecular complexity index is 623. The number of nitrogens with one attached hydrogen (secondary N) is 1. The summed E-state index contributed by atoms with van der Waals surface area (Å²) in [5.74, 6) is -0.639. The van der Waals surface area contributed by atoms with Crippen LogP contribution in [0.4, 0.5) is 14.9 Å². The van der Waals surface area contributed by atoms with Crippen LogP contribution in [0.25, 0.3) is 0 Å². The van der Waals surface area contributed by atoms with E-state index in [1.165, 1.54) is 24.5 Å². The number of nitrogens with two attached hydrogens (primary N) is 1. The number of carbonyl (C=O) groups excluding carboxylic acids is 1. The van der Waals surface area contributed by atoms with Gasteiger partial charge in [-0.1, -0.05) is 11.6 Å². The minimum absolute atomic E-state index is 0.0650. The van der Waals surface area contributed by atoms with Crippen molar-refractivity contribution in [2.75, 3.05) is 5.32 Å². The Morgan fingerprint density at radius 1 is 1.37 bits per heavy atom. The predicted molar refractivity (Wildman–Crippen MR) is 66.7 cm³/mol. The van der Waals surface area contributed by atoms with Crippen molar-refractivity contribution in [3.63, 3.8) is 0 Å². The Balaban J connectivity index is 2.19. The zero-order valence-electron chi connectivity index (χ0n) is 9.43. The fourth-order valence-corrected chi connectivity index (χ4v) is 1.43. The number of benzene rings is 1. The number of primary amides is 1. The Morgan fingerprint density at radius 2 is 2.16 bits per heavy atom. The van der Waals surface area contributed by atoms with Crippen molar-refractivity contribution in [1.82, 2.24) is 9.97 Å². The SMILES string of the molecule is NC(=O)Nc1ccc(Oc2cc(Cl)ncn2)c(F)c1. The molecule has 0 saturated heterocycles. The molecule has 3 N–H and O–H groups in total. The molecule has 2 aromatic rings. The van der Waals surface area contributed by atoms with Crippen LogP contribution in [0.3, 0.4) is 0 Å². The van der Waals surface area contributed by atoms with Crippen LogP contribution in [-0.2, 0) is 0 Å². The first-order valence-electron chi connectivity index (χ1n) is 5.06. The first-order chi connectivity index (χ1) is 9.04. The van der Waals surface area contributed by atoms with E-state index in [2.05, 4.69) is 15.3 Å². The lowest BCUT2D eigenvalue weighted by Crippen LogP contribution is -2.19. The second-order valence-electron chi connectivity index (χ2n) is 3.42. The second-order valence-corrected chi connectivity index (χ2v) is 3.80. The van der Waals surface area contributed by atoms with Crippen LogP contribution >= 0.6 is 11.6 Å². The minimum Gasteiger partial charge on any atom is -0.436 e. The van der Waals surface area contributed by atoms with Crippen LogP contribution in [0, 0.1) is 5.82 Å². The second kappa shape index (κ2) is 5.49. The minimum atomic E-state index is -0.782. The van der Waals surface area contributed by atoms with Crippen LogP contribution in [0.1, 0.15) is 0 Å². The molecule has 2 amide bonds. The van der Waals surface area contributed by atoms with Crippen molar-refractivity contribution in [3.8, 4) is 11.6 Å². The number of rotatable bonds is 3. The zero-order chi connectivity index (χ0) is 13.8. The fraction of sp³-hybridized carbons (Fsp3) is 0. The van der Waals surface area contributed by atoms with Crippen LogP contribution < -0.4 is 15.8 Å². The van der Waals surface area contributed by atoms with Crippen molar-refractivity contribution in [3.05, 3.63) is 41.6 Å². The summed E-state index contributed by atoms with van der Waals surface area (Å²) < 4.78 is 18.9. The fourth-order valence-electron chi connectivity index (χ4n) is 1.29. The van der Waals surface area contributed by atoms with Gasteiger partial charge in [-0.15, -0.1) is 0 Å². The Hall–Kier alpha value is -2.41. The van der Waals surface area contributed by atoms with Gasteiger partial charge >= 0.3 is 6.03 Å². The van der Waals surface area contributed by atoms with E-state index in [-0.39, 0.29) is 22.5 Å². The van der Waals surface area contributed by atoms with Gasteiger partial charge in [-0.3, -0.25) is 0 Å². The molecule has 0 saturated carbocycles. The van der Waals surface area contributed by atoms with Gasteiger partial charge in [0.2, 0.25) is 5.88 Å². The van der Waals surface area contributed by atoms with Crippen LogP contribution in [0.2, 0.25) is 5.15 Å². The average Bonchev–Trinajstić information content (AvgIpc) is 2.32. The van der Waals surface area contributed by atoms with Gasteiger partial charge in [-0.25, -0.2) is 19.2 Å². The van der Waals surface area contributed by atoms with E-state index in [9.17, 15) is 9.18 Å². The normalized spacial score (nSPS) is 10.0. The van der Waals surface area contributed by atoms with E-state index < -0.39 is 11.8 Å². The topological polar surface area (TPSA) is 90.1 Å². The molecule has 0 fully saturated rings.